The van der Waals surface area contributed by atoms with Gasteiger partial charge in [-0.15, -0.1) is 11.3 Å². The van der Waals surface area contributed by atoms with Gasteiger partial charge in [-0.05, 0) is 53.3 Å². The number of aromatic nitrogens is 1. The van der Waals surface area contributed by atoms with Gasteiger partial charge in [-0.25, -0.2) is 4.79 Å². The van der Waals surface area contributed by atoms with Crippen molar-refractivity contribution in [2.75, 3.05) is 0 Å². The number of pyridine rings is 1. The molecule has 7 heteroatoms. The van der Waals surface area contributed by atoms with E-state index in [9.17, 15) is 14.7 Å². The van der Waals surface area contributed by atoms with Gasteiger partial charge in [-0.1, -0.05) is 59.6 Å². The Labute approximate surface area is 203 Å². The predicted octanol–water partition coefficient (Wildman–Crippen LogP) is 6.86. The summed E-state index contributed by atoms with van der Waals surface area (Å²) in [5.74, 6) is -1.24. The van der Waals surface area contributed by atoms with E-state index in [1.807, 2.05) is 41.0 Å². The smallest absolute Gasteiger partial charge is 0.341 e. The van der Waals surface area contributed by atoms with Crippen molar-refractivity contribution in [3.63, 3.8) is 0 Å². The second kappa shape index (κ2) is 8.67. The van der Waals surface area contributed by atoms with E-state index < -0.39 is 11.4 Å². The van der Waals surface area contributed by atoms with Crippen LogP contribution in [0.15, 0.2) is 77.7 Å². The van der Waals surface area contributed by atoms with Crippen molar-refractivity contribution in [3.8, 4) is 0 Å². The van der Waals surface area contributed by atoms with Crippen molar-refractivity contribution in [1.82, 2.24) is 4.57 Å². The monoisotopic (exact) mass is 493 g/mol. The van der Waals surface area contributed by atoms with Gasteiger partial charge in [0.15, 0.2) is 0 Å². The Hall–Kier alpha value is -3.12. The number of fused-ring (bicyclic) bond motifs is 2. The number of nitrogens with zero attached hydrogens (tertiary/aromatic N) is 1. The normalized spacial score (nSPS) is 11.3. The first-order chi connectivity index (χ1) is 15.9. The molecule has 5 aromatic rings. The van der Waals surface area contributed by atoms with Crippen molar-refractivity contribution in [1.29, 1.82) is 0 Å². The molecular formula is C26H17Cl2NO3S. The third-order valence-electron chi connectivity index (χ3n) is 5.60. The molecule has 0 aliphatic rings. The van der Waals surface area contributed by atoms with Crippen molar-refractivity contribution in [2.45, 2.75) is 13.0 Å². The van der Waals surface area contributed by atoms with Crippen LogP contribution in [0.3, 0.4) is 0 Å². The molecule has 2 aromatic heterocycles. The lowest BCUT2D eigenvalue weighted by Crippen LogP contribution is -2.19. The molecule has 164 valence electrons. The highest BCUT2D eigenvalue weighted by Gasteiger charge is 2.16. The molecule has 0 aliphatic carbocycles. The van der Waals surface area contributed by atoms with E-state index in [1.165, 1.54) is 6.20 Å². The van der Waals surface area contributed by atoms with Crippen LogP contribution in [0.2, 0.25) is 10.0 Å². The molecule has 0 amide bonds. The number of hydrogen-bond acceptors (Lipinski definition) is 3. The molecule has 3 aromatic carbocycles. The molecule has 2 heterocycles. The molecule has 0 aliphatic heterocycles. The van der Waals surface area contributed by atoms with E-state index in [4.69, 9.17) is 23.2 Å². The summed E-state index contributed by atoms with van der Waals surface area (Å²) < 4.78 is 3.00. The van der Waals surface area contributed by atoms with Gasteiger partial charge in [0.05, 0.1) is 22.1 Å². The Kier molecular flexibility index (Phi) is 5.71. The summed E-state index contributed by atoms with van der Waals surface area (Å²) in [6.45, 7) is 0.468. The second-order valence-electron chi connectivity index (χ2n) is 7.80. The Morgan fingerprint density at radius 1 is 1.00 bits per heavy atom. The SMILES string of the molecule is O=C(O)c1cn(Cc2cc3ccccc3s2)c2ccc(Cc3cccc(Cl)c3Cl)cc2c1=O. The molecule has 0 fully saturated rings. The van der Waals surface area contributed by atoms with Crippen LogP contribution in [0, 0.1) is 0 Å². The lowest BCUT2D eigenvalue weighted by atomic mass is 10.0. The number of hydrogen-bond donors (Lipinski definition) is 1. The number of halogens is 2. The zero-order chi connectivity index (χ0) is 23.1. The molecule has 33 heavy (non-hydrogen) atoms. The lowest BCUT2D eigenvalue weighted by molar-refractivity contribution is 0.0695. The molecular weight excluding hydrogens is 477 g/mol. The van der Waals surface area contributed by atoms with Crippen LogP contribution in [-0.2, 0) is 13.0 Å². The number of thiophene rings is 1. The Balaban J connectivity index is 1.61. The van der Waals surface area contributed by atoms with Crippen LogP contribution < -0.4 is 5.43 Å². The fraction of sp³-hybridized carbons (Fsp3) is 0.0769. The number of carboxylic acids is 1. The number of benzene rings is 3. The maximum atomic E-state index is 13.0. The third-order valence-corrected chi connectivity index (χ3v) is 7.56. The zero-order valence-corrected chi connectivity index (χ0v) is 19.5. The second-order valence-corrected chi connectivity index (χ2v) is 9.75. The minimum atomic E-state index is -1.24. The Morgan fingerprint density at radius 3 is 2.61 bits per heavy atom. The largest absolute Gasteiger partial charge is 0.477 e. The highest BCUT2D eigenvalue weighted by atomic mass is 35.5. The van der Waals surface area contributed by atoms with E-state index >= 15 is 0 Å². The minimum absolute atomic E-state index is 0.249. The molecule has 0 saturated heterocycles. The number of carboxylic acid groups (broad SMARTS) is 1. The first-order valence-corrected chi connectivity index (χ1v) is 11.8. The molecule has 0 bridgehead atoms. The minimum Gasteiger partial charge on any atom is -0.477 e. The van der Waals surface area contributed by atoms with Gasteiger partial charge < -0.3 is 9.67 Å². The zero-order valence-electron chi connectivity index (χ0n) is 17.2. The van der Waals surface area contributed by atoms with Gasteiger partial charge in [-0.2, -0.15) is 0 Å². The van der Waals surface area contributed by atoms with Crippen molar-refractivity contribution in [3.05, 3.63) is 115 Å². The van der Waals surface area contributed by atoms with Crippen molar-refractivity contribution < 1.29 is 9.90 Å². The quantitative estimate of drug-likeness (QED) is 0.290. The summed E-state index contributed by atoms with van der Waals surface area (Å²) >= 11 is 14.1. The maximum Gasteiger partial charge on any atom is 0.341 e. The van der Waals surface area contributed by atoms with Crippen molar-refractivity contribution in [2.24, 2.45) is 0 Å². The average molecular weight is 494 g/mol. The number of aromatic carboxylic acids is 1. The van der Waals surface area contributed by atoms with Gasteiger partial charge in [0, 0.05) is 21.2 Å². The highest BCUT2D eigenvalue weighted by Crippen LogP contribution is 2.29. The van der Waals surface area contributed by atoms with Gasteiger partial charge in [0.1, 0.15) is 5.56 Å². The summed E-state index contributed by atoms with van der Waals surface area (Å²) in [5.41, 5.74) is 1.62. The maximum absolute atomic E-state index is 13.0. The lowest BCUT2D eigenvalue weighted by Gasteiger charge is -2.13. The molecule has 5 rings (SSSR count). The van der Waals surface area contributed by atoms with Gasteiger partial charge in [-0.3, -0.25) is 4.79 Å². The number of carbonyl (C=O) groups is 1. The van der Waals surface area contributed by atoms with Gasteiger partial charge in [0.2, 0.25) is 5.43 Å². The molecule has 0 spiro atoms. The summed E-state index contributed by atoms with van der Waals surface area (Å²) in [5, 5.41) is 12.1. The molecule has 4 nitrogen and oxygen atoms in total. The van der Waals surface area contributed by atoms with Crippen LogP contribution in [-0.4, -0.2) is 15.6 Å². The first kappa shape index (κ1) is 21.7. The van der Waals surface area contributed by atoms with Crippen molar-refractivity contribution >= 4 is 61.5 Å². The average Bonchev–Trinajstić information content (AvgIpc) is 3.21. The van der Waals surface area contributed by atoms with Crippen LogP contribution >= 0.6 is 34.5 Å². The summed E-state index contributed by atoms with van der Waals surface area (Å²) in [4.78, 5) is 25.9. The van der Waals surface area contributed by atoms with E-state index in [0.717, 1.165) is 26.1 Å². The number of rotatable bonds is 5. The molecule has 0 atom stereocenters. The summed E-state index contributed by atoms with van der Waals surface area (Å²) in [6.07, 6.45) is 1.91. The topological polar surface area (TPSA) is 59.3 Å². The molecule has 0 saturated carbocycles. The van der Waals surface area contributed by atoms with E-state index in [0.29, 0.717) is 33.9 Å². The first-order valence-electron chi connectivity index (χ1n) is 10.2. The predicted molar refractivity (Wildman–Crippen MR) is 135 cm³/mol. The van der Waals surface area contributed by atoms with E-state index in [2.05, 4.69) is 18.2 Å². The van der Waals surface area contributed by atoms with E-state index in [-0.39, 0.29) is 5.56 Å². The molecule has 0 unspecified atom stereocenters. The van der Waals surface area contributed by atoms with Crippen LogP contribution in [0.1, 0.15) is 26.4 Å². The fourth-order valence-electron chi connectivity index (χ4n) is 4.03. The summed E-state index contributed by atoms with van der Waals surface area (Å²) in [6, 6.07) is 21.2. The third kappa shape index (κ3) is 4.15. The standard InChI is InChI=1S/C26H17Cl2NO3S/c27-21-6-3-5-17(24(21)28)10-15-8-9-22-19(11-15)25(30)20(26(31)32)14-29(22)13-18-12-16-4-1-2-7-23(16)33-18/h1-9,11-12,14H,10,13H2,(H,31,32). The Bertz CT molecular complexity index is 1570. The van der Waals surface area contributed by atoms with E-state index in [1.54, 1.807) is 23.5 Å². The van der Waals surface area contributed by atoms with Crippen LogP contribution in [0.25, 0.3) is 21.0 Å². The summed E-state index contributed by atoms with van der Waals surface area (Å²) in [7, 11) is 0. The van der Waals surface area contributed by atoms with Crippen LogP contribution in [0.5, 0.6) is 0 Å². The molecule has 0 radical (unpaired) electrons. The van der Waals surface area contributed by atoms with Crippen LogP contribution in [0.4, 0.5) is 0 Å². The highest BCUT2D eigenvalue weighted by molar-refractivity contribution is 7.19. The van der Waals surface area contributed by atoms with Gasteiger partial charge >= 0.3 is 5.97 Å². The Morgan fingerprint density at radius 2 is 1.82 bits per heavy atom. The molecule has 1 N–H and O–H groups in total. The fourth-order valence-corrected chi connectivity index (χ4v) is 5.48. The van der Waals surface area contributed by atoms with Gasteiger partial charge in [0.25, 0.3) is 0 Å².